The molecule has 100 valence electrons. The standard InChI is InChI=1S/C15H14N4O/c1-9-3-5-11(6-4-9)14(12(7-16)8-17)13-10(2)18-19-15(13)20/h3-6,12,14H,1-2H3,(H2,18,19,20)/t14-/m1/s1. The summed E-state index contributed by atoms with van der Waals surface area (Å²) in [5.74, 6) is -1.46. The fraction of sp³-hybridized carbons (Fsp3) is 0.267. The van der Waals surface area contributed by atoms with Crippen LogP contribution >= 0.6 is 0 Å². The molecule has 0 amide bonds. The van der Waals surface area contributed by atoms with Crippen LogP contribution in [0.4, 0.5) is 0 Å². The van der Waals surface area contributed by atoms with Gasteiger partial charge in [0.05, 0.1) is 12.1 Å². The number of rotatable bonds is 3. The number of aromatic nitrogens is 2. The van der Waals surface area contributed by atoms with E-state index >= 15 is 0 Å². The van der Waals surface area contributed by atoms with E-state index in [9.17, 15) is 15.3 Å². The fourth-order valence-electron chi connectivity index (χ4n) is 2.31. The summed E-state index contributed by atoms with van der Waals surface area (Å²) in [4.78, 5) is 12.0. The monoisotopic (exact) mass is 266 g/mol. The van der Waals surface area contributed by atoms with Crippen LogP contribution in [-0.4, -0.2) is 10.2 Å². The zero-order valence-electron chi connectivity index (χ0n) is 11.3. The molecule has 1 heterocycles. The molecule has 1 atom stereocenters. The first-order chi connectivity index (χ1) is 9.58. The molecule has 0 unspecified atom stereocenters. The largest absolute Gasteiger partial charge is 0.302 e. The summed E-state index contributed by atoms with van der Waals surface area (Å²) in [5.41, 5.74) is 2.68. The van der Waals surface area contributed by atoms with E-state index in [1.54, 1.807) is 6.92 Å². The lowest BCUT2D eigenvalue weighted by Gasteiger charge is -2.17. The average Bonchev–Trinajstić information content (AvgIpc) is 2.77. The number of benzene rings is 1. The van der Waals surface area contributed by atoms with Gasteiger partial charge >= 0.3 is 0 Å². The first-order valence-electron chi connectivity index (χ1n) is 6.21. The highest BCUT2D eigenvalue weighted by molar-refractivity contribution is 5.38. The molecule has 1 aromatic carbocycles. The second-order valence-corrected chi connectivity index (χ2v) is 4.74. The number of nitriles is 2. The van der Waals surface area contributed by atoms with Gasteiger partial charge in [-0.25, -0.2) is 0 Å². The maximum atomic E-state index is 12.0. The van der Waals surface area contributed by atoms with Crippen LogP contribution in [0.2, 0.25) is 0 Å². The van der Waals surface area contributed by atoms with Crippen molar-refractivity contribution in [1.29, 1.82) is 10.5 Å². The molecule has 0 aliphatic carbocycles. The summed E-state index contributed by atoms with van der Waals surface area (Å²) < 4.78 is 0. The van der Waals surface area contributed by atoms with Gasteiger partial charge in [-0.2, -0.15) is 10.5 Å². The van der Waals surface area contributed by atoms with Gasteiger partial charge in [-0.3, -0.25) is 9.89 Å². The average molecular weight is 266 g/mol. The maximum Gasteiger partial charge on any atom is 0.268 e. The molecule has 0 aliphatic rings. The number of nitrogens with zero attached hydrogens (tertiary/aromatic N) is 2. The molecule has 2 rings (SSSR count). The lowest BCUT2D eigenvalue weighted by Crippen LogP contribution is -2.19. The van der Waals surface area contributed by atoms with Gasteiger partial charge in [-0.05, 0) is 19.4 Å². The fourth-order valence-corrected chi connectivity index (χ4v) is 2.31. The Hall–Kier alpha value is -2.79. The lowest BCUT2D eigenvalue weighted by atomic mass is 9.82. The third kappa shape index (κ3) is 2.34. The van der Waals surface area contributed by atoms with Gasteiger partial charge in [0.1, 0.15) is 5.92 Å². The quantitative estimate of drug-likeness (QED) is 0.890. The normalized spacial score (nSPS) is 11.8. The SMILES string of the molecule is Cc1ccc([C@@H](c2c(C)[nH][nH]c2=O)C(C#N)C#N)cc1. The maximum absolute atomic E-state index is 12.0. The van der Waals surface area contributed by atoms with E-state index in [0.29, 0.717) is 11.3 Å². The van der Waals surface area contributed by atoms with E-state index in [2.05, 4.69) is 10.2 Å². The van der Waals surface area contributed by atoms with Gasteiger partial charge in [0, 0.05) is 17.2 Å². The van der Waals surface area contributed by atoms with Crippen molar-refractivity contribution < 1.29 is 0 Å². The molecule has 0 spiro atoms. The minimum absolute atomic E-state index is 0.288. The second-order valence-electron chi connectivity index (χ2n) is 4.74. The van der Waals surface area contributed by atoms with Crippen molar-refractivity contribution in [3.05, 3.63) is 57.0 Å². The first-order valence-corrected chi connectivity index (χ1v) is 6.21. The zero-order valence-corrected chi connectivity index (χ0v) is 11.3. The smallest absolute Gasteiger partial charge is 0.268 e. The second kappa shape index (κ2) is 5.46. The van der Waals surface area contributed by atoms with E-state index < -0.39 is 11.8 Å². The predicted molar refractivity (Wildman–Crippen MR) is 73.9 cm³/mol. The predicted octanol–water partition coefficient (Wildman–Crippen LogP) is 2.12. The molecular weight excluding hydrogens is 252 g/mol. The van der Waals surface area contributed by atoms with Crippen LogP contribution in [0.15, 0.2) is 29.1 Å². The van der Waals surface area contributed by atoms with Crippen LogP contribution < -0.4 is 5.56 Å². The highest BCUT2D eigenvalue weighted by Gasteiger charge is 2.29. The molecule has 2 aromatic rings. The number of aromatic amines is 2. The van der Waals surface area contributed by atoms with Crippen LogP contribution in [0, 0.1) is 42.4 Å². The molecule has 2 N–H and O–H groups in total. The van der Waals surface area contributed by atoms with Gasteiger partial charge in [0.15, 0.2) is 0 Å². The van der Waals surface area contributed by atoms with E-state index in [0.717, 1.165) is 11.1 Å². The van der Waals surface area contributed by atoms with Crippen molar-refractivity contribution in [3.63, 3.8) is 0 Å². The van der Waals surface area contributed by atoms with Crippen molar-refractivity contribution in [3.8, 4) is 12.1 Å². The summed E-state index contributed by atoms with van der Waals surface area (Å²) in [6, 6.07) is 11.5. The lowest BCUT2D eigenvalue weighted by molar-refractivity contribution is 0.700. The third-order valence-corrected chi connectivity index (χ3v) is 3.37. The number of aryl methyl sites for hydroxylation is 2. The Bertz CT molecular complexity index is 726. The van der Waals surface area contributed by atoms with Crippen molar-refractivity contribution in [2.45, 2.75) is 19.8 Å². The minimum Gasteiger partial charge on any atom is -0.302 e. The summed E-state index contributed by atoms with van der Waals surface area (Å²) in [7, 11) is 0. The Balaban J connectivity index is 2.63. The van der Waals surface area contributed by atoms with Gasteiger partial charge in [-0.15, -0.1) is 0 Å². The molecule has 20 heavy (non-hydrogen) atoms. The number of hydrogen-bond acceptors (Lipinski definition) is 3. The minimum atomic E-state index is -0.909. The highest BCUT2D eigenvalue weighted by atomic mass is 16.1. The van der Waals surface area contributed by atoms with Crippen LogP contribution in [0.25, 0.3) is 0 Å². The Morgan fingerprint density at radius 2 is 1.65 bits per heavy atom. The summed E-state index contributed by atoms with van der Waals surface area (Å²) in [6.07, 6.45) is 0. The molecule has 0 aliphatic heterocycles. The molecular formula is C15H14N4O. The van der Waals surface area contributed by atoms with Gasteiger partial charge < -0.3 is 5.10 Å². The van der Waals surface area contributed by atoms with E-state index in [4.69, 9.17) is 0 Å². The van der Waals surface area contributed by atoms with E-state index in [-0.39, 0.29) is 5.56 Å². The summed E-state index contributed by atoms with van der Waals surface area (Å²) in [5, 5.41) is 23.6. The Morgan fingerprint density at radius 1 is 1.05 bits per heavy atom. The van der Waals surface area contributed by atoms with E-state index in [1.165, 1.54) is 0 Å². The summed E-state index contributed by atoms with van der Waals surface area (Å²) in [6.45, 7) is 3.71. The number of nitrogens with one attached hydrogen (secondary N) is 2. The van der Waals surface area contributed by atoms with E-state index in [1.807, 2.05) is 43.3 Å². The topological polar surface area (TPSA) is 96.2 Å². The van der Waals surface area contributed by atoms with Crippen LogP contribution in [0.3, 0.4) is 0 Å². The Labute approximate surface area is 116 Å². The molecule has 0 radical (unpaired) electrons. The molecule has 1 aromatic heterocycles. The Kier molecular flexibility index (Phi) is 3.72. The van der Waals surface area contributed by atoms with Crippen LogP contribution in [-0.2, 0) is 0 Å². The zero-order chi connectivity index (χ0) is 14.7. The molecule has 0 bridgehead atoms. The molecule has 5 heteroatoms. The molecule has 0 saturated heterocycles. The number of H-pyrrole nitrogens is 2. The van der Waals surface area contributed by atoms with Crippen molar-refractivity contribution >= 4 is 0 Å². The molecule has 0 saturated carbocycles. The molecule has 0 fully saturated rings. The first kappa shape index (κ1) is 13.6. The Morgan fingerprint density at radius 3 is 2.10 bits per heavy atom. The highest BCUT2D eigenvalue weighted by Crippen LogP contribution is 2.31. The molecule has 5 nitrogen and oxygen atoms in total. The van der Waals surface area contributed by atoms with Crippen molar-refractivity contribution in [2.75, 3.05) is 0 Å². The van der Waals surface area contributed by atoms with Gasteiger partial charge in [0.25, 0.3) is 5.56 Å². The number of hydrogen-bond donors (Lipinski definition) is 2. The van der Waals surface area contributed by atoms with Crippen molar-refractivity contribution in [1.82, 2.24) is 10.2 Å². The third-order valence-electron chi connectivity index (χ3n) is 3.37. The van der Waals surface area contributed by atoms with Crippen LogP contribution in [0.5, 0.6) is 0 Å². The summed E-state index contributed by atoms with van der Waals surface area (Å²) >= 11 is 0. The van der Waals surface area contributed by atoms with Gasteiger partial charge in [-0.1, -0.05) is 29.8 Å². The van der Waals surface area contributed by atoms with Crippen LogP contribution in [0.1, 0.15) is 28.3 Å². The van der Waals surface area contributed by atoms with Crippen molar-refractivity contribution in [2.24, 2.45) is 5.92 Å². The van der Waals surface area contributed by atoms with Gasteiger partial charge in [0.2, 0.25) is 0 Å².